The molecule has 0 atom stereocenters. The van der Waals surface area contributed by atoms with Gasteiger partial charge in [-0.15, -0.1) is 0 Å². The SMILES string of the molecule is Cn1ccc2c(Cc3ccncc3)cc(C(=O)NC3CCCCC3)nc21. The molecule has 0 radical (unpaired) electrons. The maximum Gasteiger partial charge on any atom is 0.270 e. The first kappa shape index (κ1) is 16.8. The zero-order valence-corrected chi connectivity index (χ0v) is 15.1. The maximum atomic E-state index is 12.8. The highest BCUT2D eigenvalue weighted by molar-refractivity contribution is 5.95. The van der Waals surface area contributed by atoms with Gasteiger partial charge in [-0.2, -0.15) is 0 Å². The number of aromatic nitrogens is 3. The molecule has 3 aromatic rings. The molecule has 3 heterocycles. The number of hydrogen-bond acceptors (Lipinski definition) is 3. The first-order valence-electron chi connectivity index (χ1n) is 9.35. The van der Waals surface area contributed by atoms with Gasteiger partial charge in [0.05, 0.1) is 0 Å². The van der Waals surface area contributed by atoms with Crippen LogP contribution in [0.25, 0.3) is 11.0 Å². The second-order valence-electron chi connectivity index (χ2n) is 7.17. The van der Waals surface area contributed by atoms with Gasteiger partial charge in [0.2, 0.25) is 0 Å². The van der Waals surface area contributed by atoms with Crippen molar-refractivity contribution in [2.45, 2.75) is 44.6 Å². The zero-order chi connectivity index (χ0) is 17.9. The minimum atomic E-state index is -0.0593. The van der Waals surface area contributed by atoms with E-state index in [1.165, 1.54) is 24.8 Å². The van der Waals surface area contributed by atoms with E-state index in [4.69, 9.17) is 0 Å². The molecule has 0 spiro atoms. The monoisotopic (exact) mass is 348 g/mol. The van der Waals surface area contributed by atoms with Crippen molar-refractivity contribution in [2.75, 3.05) is 0 Å². The Hall–Kier alpha value is -2.69. The van der Waals surface area contributed by atoms with Crippen molar-refractivity contribution in [3.8, 4) is 0 Å². The van der Waals surface area contributed by atoms with Gasteiger partial charge in [0.25, 0.3) is 5.91 Å². The molecule has 1 aliphatic carbocycles. The van der Waals surface area contributed by atoms with Gasteiger partial charge in [-0.1, -0.05) is 19.3 Å². The van der Waals surface area contributed by atoms with E-state index in [9.17, 15) is 4.79 Å². The summed E-state index contributed by atoms with van der Waals surface area (Å²) in [7, 11) is 1.97. The first-order chi connectivity index (χ1) is 12.7. The number of aryl methyl sites for hydroxylation is 1. The number of nitrogens with one attached hydrogen (secondary N) is 1. The maximum absolute atomic E-state index is 12.8. The van der Waals surface area contributed by atoms with Crippen LogP contribution >= 0.6 is 0 Å². The fraction of sp³-hybridized carbons (Fsp3) is 0.381. The molecule has 5 heteroatoms. The summed E-state index contributed by atoms with van der Waals surface area (Å²) in [6, 6.07) is 8.32. The first-order valence-corrected chi connectivity index (χ1v) is 9.35. The molecule has 0 saturated heterocycles. The Morgan fingerprint density at radius 1 is 1.19 bits per heavy atom. The third-order valence-corrected chi connectivity index (χ3v) is 5.24. The van der Waals surface area contributed by atoms with Crippen LogP contribution in [0.3, 0.4) is 0 Å². The van der Waals surface area contributed by atoms with Crippen LogP contribution in [0.1, 0.15) is 53.7 Å². The molecule has 0 aromatic carbocycles. The van der Waals surface area contributed by atoms with Gasteiger partial charge in [-0.05, 0) is 54.7 Å². The highest BCUT2D eigenvalue weighted by atomic mass is 16.1. The van der Waals surface area contributed by atoms with E-state index < -0.39 is 0 Å². The molecule has 1 fully saturated rings. The van der Waals surface area contributed by atoms with E-state index in [2.05, 4.69) is 21.4 Å². The minimum Gasteiger partial charge on any atom is -0.348 e. The molecule has 1 N–H and O–H groups in total. The van der Waals surface area contributed by atoms with Crippen LogP contribution in [-0.2, 0) is 13.5 Å². The fourth-order valence-electron chi connectivity index (χ4n) is 3.79. The normalized spacial score (nSPS) is 15.3. The smallest absolute Gasteiger partial charge is 0.270 e. The number of rotatable bonds is 4. The van der Waals surface area contributed by atoms with E-state index >= 15 is 0 Å². The lowest BCUT2D eigenvalue weighted by molar-refractivity contribution is 0.0923. The highest BCUT2D eigenvalue weighted by Gasteiger charge is 2.19. The van der Waals surface area contributed by atoms with E-state index in [0.717, 1.165) is 35.9 Å². The summed E-state index contributed by atoms with van der Waals surface area (Å²) in [5, 5.41) is 4.28. The molecule has 5 nitrogen and oxygen atoms in total. The summed E-state index contributed by atoms with van der Waals surface area (Å²) in [5.74, 6) is -0.0593. The van der Waals surface area contributed by atoms with Crippen molar-refractivity contribution < 1.29 is 4.79 Å². The van der Waals surface area contributed by atoms with Crippen LogP contribution in [0.2, 0.25) is 0 Å². The van der Waals surface area contributed by atoms with Gasteiger partial charge in [0.1, 0.15) is 11.3 Å². The molecule has 26 heavy (non-hydrogen) atoms. The fourth-order valence-corrected chi connectivity index (χ4v) is 3.79. The Balaban J connectivity index is 1.66. The summed E-state index contributed by atoms with van der Waals surface area (Å²) < 4.78 is 1.97. The number of carbonyl (C=O) groups is 1. The predicted molar refractivity (Wildman–Crippen MR) is 102 cm³/mol. The van der Waals surface area contributed by atoms with Crippen LogP contribution in [0.4, 0.5) is 0 Å². The Labute approximate surface area is 153 Å². The molecule has 0 bridgehead atoms. The lowest BCUT2D eigenvalue weighted by atomic mass is 9.95. The largest absolute Gasteiger partial charge is 0.348 e. The number of nitrogens with zero attached hydrogens (tertiary/aromatic N) is 3. The van der Waals surface area contributed by atoms with Crippen LogP contribution in [0, 0.1) is 0 Å². The summed E-state index contributed by atoms with van der Waals surface area (Å²) in [6.07, 6.45) is 12.2. The third kappa shape index (κ3) is 3.47. The van der Waals surface area contributed by atoms with E-state index in [-0.39, 0.29) is 11.9 Å². The van der Waals surface area contributed by atoms with E-state index in [1.54, 1.807) is 12.4 Å². The van der Waals surface area contributed by atoms with Crippen molar-refractivity contribution in [3.05, 3.63) is 59.7 Å². The number of hydrogen-bond donors (Lipinski definition) is 1. The molecule has 1 saturated carbocycles. The average molecular weight is 348 g/mol. The highest BCUT2D eigenvalue weighted by Crippen LogP contribution is 2.23. The predicted octanol–water partition coefficient (Wildman–Crippen LogP) is 3.62. The average Bonchev–Trinajstić information content (AvgIpc) is 3.05. The second-order valence-corrected chi connectivity index (χ2v) is 7.17. The molecule has 3 aromatic heterocycles. The number of amides is 1. The van der Waals surface area contributed by atoms with Crippen molar-refractivity contribution in [1.82, 2.24) is 19.9 Å². The minimum absolute atomic E-state index is 0.0593. The Morgan fingerprint density at radius 3 is 2.73 bits per heavy atom. The standard InChI is InChI=1S/C21H24N4O/c1-25-12-9-18-16(13-15-7-10-22-11-8-15)14-19(24-20(18)25)21(26)23-17-5-3-2-4-6-17/h7-12,14,17H,2-6,13H2,1H3,(H,23,26). The molecular formula is C21H24N4O. The van der Waals surface area contributed by atoms with Gasteiger partial charge in [-0.3, -0.25) is 9.78 Å². The second kappa shape index (κ2) is 7.28. The van der Waals surface area contributed by atoms with Gasteiger partial charge >= 0.3 is 0 Å². The summed E-state index contributed by atoms with van der Waals surface area (Å²) in [4.78, 5) is 21.5. The molecule has 0 aliphatic heterocycles. The van der Waals surface area contributed by atoms with Crippen molar-refractivity contribution >= 4 is 16.9 Å². The number of carbonyl (C=O) groups excluding carboxylic acids is 1. The summed E-state index contributed by atoms with van der Waals surface area (Å²) in [6.45, 7) is 0. The topological polar surface area (TPSA) is 59.8 Å². The molecule has 134 valence electrons. The van der Waals surface area contributed by atoms with Crippen LogP contribution < -0.4 is 5.32 Å². The molecule has 1 amide bonds. The van der Waals surface area contributed by atoms with Crippen molar-refractivity contribution in [2.24, 2.45) is 7.05 Å². The summed E-state index contributed by atoms with van der Waals surface area (Å²) in [5.41, 5.74) is 3.66. The van der Waals surface area contributed by atoms with E-state index in [1.807, 2.05) is 36.0 Å². The number of pyridine rings is 2. The van der Waals surface area contributed by atoms with Gasteiger partial charge in [0.15, 0.2) is 0 Å². The molecule has 0 unspecified atom stereocenters. The van der Waals surface area contributed by atoms with Gasteiger partial charge in [-0.25, -0.2) is 4.98 Å². The lowest BCUT2D eigenvalue weighted by Crippen LogP contribution is -2.36. The van der Waals surface area contributed by atoms with E-state index in [0.29, 0.717) is 5.69 Å². The van der Waals surface area contributed by atoms with Gasteiger partial charge in [0, 0.05) is 37.1 Å². The lowest BCUT2D eigenvalue weighted by Gasteiger charge is -2.22. The van der Waals surface area contributed by atoms with Crippen LogP contribution in [0.15, 0.2) is 42.9 Å². The molecule has 4 rings (SSSR count). The Kier molecular flexibility index (Phi) is 4.69. The Bertz CT molecular complexity index is 910. The zero-order valence-electron chi connectivity index (χ0n) is 15.1. The molecular weight excluding hydrogens is 324 g/mol. The van der Waals surface area contributed by atoms with Gasteiger partial charge < -0.3 is 9.88 Å². The third-order valence-electron chi connectivity index (χ3n) is 5.24. The van der Waals surface area contributed by atoms with Crippen LogP contribution in [-0.4, -0.2) is 26.5 Å². The molecule has 1 aliphatic rings. The quantitative estimate of drug-likeness (QED) is 0.783. The van der Waals surface area contributed by atoms with Crippen molar-refractivity contribution in [3.63, 3.8) is 0 Å². The van der Waals surface area contributed by atoms with Crippen molar-refractivity contribution in [1.29, 1.82) is 0 Å². The number of fused-ring (bicyclic) bond motifs is 1. The summed E-state index contributed by atoms with van der Waals surface area (Å²) >= 11 is 0. The van der Waals surface area contributed by atoms with Crippen LogP contribution in [0.5, 0.6) is 0 Å². The Morgan fingerprint density at radius 2 is 1.96 bits per heavy atom.